The lowest BCUT2D eigenvalue weighted by Gasteiger charge is -2.28. The average molecular weight is 672 g/mol. The Labute approximate surface area is 268 Å². The third kappa shape index (κ3) is 5.72. The Hall–Kier alpha value is -4.74. The highest BCUT2D eigenvalue weighted by molar-refractivity contribution is 6.35. The van der Waals surface area contributed by atoms with Crippen LogP contribution < -0.4 is 10.1 Å². The van der Waals surface area contributed by atoms with E-state index in [4.69, 9.17) is 27.9 Å². The first-order chi connectivity index (χ1) is 21.8. The molecule has 0 fully saturated rings. The molecule has 0 radical (unpaired) electrons. The van der Waals surface area contributed by atoms with E-state index in [9.17, 15) is 31.5 Å². The first-order valence-corrected chi connectivity index (χ1v) is 14.3. The fraction of sp³-hybridized carbons (Fsp3) is 0.121. The summed E-state index contributed by atoms with van der Waals surface area (Å²) in [6.07, 6.45) is -3.54. The highest BCUT2D eigenvalue weighted by Gasteiger charge is 2.43. The third-order valence-electron chi connectivity index (χ3n) is 7.62. The van der Waals surface area contributed by atoms with Crippen LogP contribution in [0.4, 0.5) is 27.6 Å². The lowest BCUT2D eigenvalue weighted by Crippen LogP contribution is -2.28. The minimum atomic E-state index is -4.92. The van der Waals surface area contributed by atoms with E-state index in [0.717, 1.165) is 12.1 Å². The molecule has 6 nitrogen and oxygen atoms in total. The van der Waals surface area contributed by atoms with E-state index >= 15 is 0 Å². The molecule has 0 saturated heterocycles. The molecule has 1 aromatic heterocycles. The van der Waals surface area contributed by atoms with Crippen molar-refractivity contribution in [3.8, 4) is 5.75 Å². The third-order valence-corrected chi connectivity index (χ3v) is 8.26. The number of nitrogens with zero attached hydrogens (tertiary/aromatic N) is 2. The van der Waals surface area contributed by atoms with Gasteiger partial charge in [-0.15, -0.1) is 0 Å². The summed E-state index contributed by atoms with van der Waals surface area (Å²) in [5.41, 5.74) is -0.906. The van der Waals surface area contributed by atoms with E-state index in [2.05, 4.69) is 10.3 Å². The molecule has 4 aromatic carbocycles. The Bertz CT molecular complexity index is 2040. The Morgan fingerprint density at radius 2 is 1.70 bits per heavy atom. The zero-order valence-electron chi connectivity index (χ0n) is 23.6. The Morgan fingerprint density at radius 1 is 0.957 bits per heavy atom. The molecular weight excluding hydrogens is 652 g/mol. The van der Waals surface area contributed by atoms with Gasteiger partial charge in [0.05, 0.1) is 24.3 Å². The second kappa shape index (κ2) is 11.9. The Balaban J connectivity index is 1.57. The number of hydrogen-bond donors (Lipinski definition) is 1. The molecule has 1 atom stereocenters. The van der Waals surface area contributed by atoms with Crippen LogP contribution in [0.15, 0.2) is 79.0 Å². The largest absolute Gasteiger partial charge is 0.497 e. The van der Waals surface area contributed by atoms with Crippen LogP contribution in [0, 0.1) is 11.6 Å². The topological polar surface area (TPSA) is 71.5 Å². The molecule has 1 aliphatic rings. The number of carbonyl (C=O) groups is 2. The molecule has 6 rings (SSSR count). The van der Waals surface area contributed by atoms with Gasteiger partial charge in [0.2, 0.25) is 0 Å². The van der Waals surface area contributed by atoms with E-state index in [1.807, 2.05) is 0 Å². The summed E-state index contributed by atoms with van der Waals surface area (Å²) in [6, 6.07) is 13.8. The number of methoxy groups -OCH3 is 1. The van der Waals surface area contributed by atoms with Gasteiger partial charge in [-0.1, -0.05) is 35.3 Å². The van der Waals surface area contributed by atoms with Crippen molar-refractivity contribution in [2.24, 2.45) is 0 Å². The smallest absolute Gasteiger partial charge is 0.416 e. The van der Waals surface area contributed by atoms with Crippen LogP contribution in [0.5, 0.6) is 5.75 Å². The normalized spacial score (nSPS) is 14.5. The number of hydrogen-bond acceptors (Lipinski definition) is 4. The van der Waals surface area contributed by atoms with Crippen molar-refractivity contribution >= 4 is 51.5 Å². The number of alkyl halides is 3. The summed E-state index contributed by atoms with van der Waals surface area (Å²) < 4.78 is 74.5. The number of halogens is 7. The highest BCUT2D eigenvalue weighted by Crippen LogP contribution is 2.49. The van der Waals surface area contributed by atoms with Gasteiger partial charge in [-0.25, -0.2) is 13.8 Å². The monoisotopic (exact) mass is 671 g/mol. The van der Waals surface area contributed by atoms with Crippen LogP contribution in [0.1, 0.15) is 49.0 Å². The van der Waals surface area contributed by atoms with Crippen molar-refractivity contribution in [1.82, 2.24) is 9.88 Å². The first kappa shape index (κ1) is 31.3. The summed E-state index contributed by atoms with van der Waals surface area (Å²) >= 11 is 13.0. The molecule has 1 unspecified atom stereocenters. The number of rotatable bonds is 6. The summed E-state index contributed by atoms with van der Waals surface area (Å²) in [5, 5.41) is 3.24. The second-order valence-corrected chi connectivity index (χ2v) is 11.2. The SMILES string of the molecule is COc1ccc(CN2C(=O)c3c(c(NC(=O)c4cc(F)cc(C(F)(F)F)c4)cc4c(Cl)nccc34)C2c2cc(F)ccc2Cl)cc1. The fourth-order valence-corrected chi connectivity index (χ4v) is 5.99. The van der Waals surface area contributed by atoms with Crippen molar-refractivity contribution in [3.05, 3.63) is 134 Å². The Morgan fingerprint density at radius 3 is 2.39 bits per heavy atom. The molecule has 1 aliphatic heterocycles. The zero-order valence-corrected chi connectivity index (χ0v) is 25.1. The van der Waals surface area contributed by atoms with E-state index in [1.54, 1.807) is 30.3 Å². The van der Waals surface area contributed by atoms with Gasteiger partial charge in [0.1, 0.15) is 22.5 Å². The van der Waals surface area contributed by atoms with Gasteiger partial charge >= 0.3 is 6.18 Å². The standard InChI is InChI=1S/C33H20Cl2F5N3O3/c1-46-21-5-2-16(3-6-21)15-43-29(24-13-19(36)4-7-25(24)34)28-26(14-23-22(27(28)32(43)45)8-9-41-30(23)35)42-31(44)17-10-18(33(38,39)40)12-20(37)11-17/h2-14,29H,15H2,1H3,(H,42,44). The zero-order chi connectivity index (χ0) is 32.9. The summed E-state index contributed by atoms with van der Waals surface area (Å²) in [7, 11) is 1.51. The summed E-state index contributed by atoms with van der Waals surface area (Å²) in [5.74, 6) is -2.97. The predicted octanol–water partition coefficient (Wildman–Crippen LogP) is 8.84. The summed E-state index contributed by atoms with van der Waals surface area (Å²) in [4.78, 5) is 33.3. The number of amides is 2. The number of nitrogens with one attached hydrogen (secondary N) is 1. The van der Waals surface area contributed by atoms with E-state index in [-0.39, 0.29) is 50.6 Å². The number of ether oxygens (including phenoxy) is 1. The van der Waals surface area contributed by atoms with Crippen LogP contribution >= 0.6 is 23.2 Å². The quantitative estimate of drug-likeness (QED) is 0.145. The van der Waals surface area contributed by atoms with Gasteiger partial charge in [-0.3, -0.25) is 9.59 Å². The van der Waals surface area contributed by atoms with Crippen molar-refractivity contribution in [3.63, 3.8) is 0 Å². The molecule has 2 heterocycles. The van der Waals surface area contributed by atoms with Gasteiger partial charge in [0.25, 0.3) is 11.8 Å². The molecule has 0 saturated carbocycles. The van der Waals surface area contributed by atoms with Gasteiger partial charge in [0, 0.05) is 45.5 Å². The lowest BCUT2D eigenvalue weighted by molar-refractivity contribution is -0.137. The van der Waals surface area contributed by atoms with Crippen molar-refractivity contribution < 1.29 is 36.3 Å². The number of aromatic nitrogens is 1. The van der Waals surface area contributed by atoms with E-state index in [0.29, 0.717) is 28.8 Å². The Kier molecular flexibility index (Phi) is 8.07. The number of pyridine rings is 1. The van der Waals surface area contributed by atoms with Crippen LogP contribution in [0.3, 0.4) is 0 Å². The maximum atomic E-state index is 14.7. The maximum Gasteiger partial charge on any atom is 0.416 e. The van der Waals surface area contributed by atoms with E-state index < -0.39 is 46.8 Å². The van der Waals surface area contributed by atoms with Crippen LogP contribution in [-0.2, 0) is 12.7 Å². The second-order valence-electron chi connectivity index (χ2n) is 10.4. The number of fused-ring (bicyclic) bond motifs is 3. The molecule has 13 heteroatoms. The van der Waals surface area contributed by atoms with Crippen LogP contribution in [-0.4, -0.2) is 28.8 Å². The van der Waals surface area contributed by atoms with Crippen LogP contribution in [0.25, 0.3) is 10.8 Å². The molecule has 5 aromatic rings. The minimum Gasteiger partial charge on any atom is -0.497 e. The van der Waals surface area contributed by atoms with Gasteiger partial charge in [0.15, 0.2) is 0 Å². The molecular formula is C33H20Cl2F5N3O3. The molecule has 2 amide bonds. The predicted molar refractivity (Wildman–Crippen MR) is 162 cm³/mol. The highest BCUT2D eigenvalue weighted by atomic mass is 35.5. The molecule has 234 valence electrons. The van der Waals surface area contributed by atoms with Crippen molar-refractivity contribution in [1.29, 1.82) is 0 Å². The average Bonchev–Trinajstić information content (AvgIpc) is 3.30. The van der Waals surface area contributed by atoms with Crippen LogP contribution in [0.2, 0.25) is 10.2 Å². The number of carbonyl (C=O) groups excluding carboxylic acids is 2. The molecule has 0 bridgehead atoms. The van der Waals surface area contributed by atoms with Crippen molar-refractivity contribution in [2.75, 3.05) is 12.4 Å². The lowest BCUT2D eigenvalue weighted by atomic mass is 9.92. The molecule has 0 spiro atoms. The summed E-state index contributed by atoms with van der Waals surface area (Å²) in [6.45, 7) is 0.00154. The fourth-order valence-electron chi connectivity index (χ4n) is 5.56. The maximum absolute atomic E-state index is 14.7. The molecule has 0 aliphatic carbocycles. The van der Waals surface area contributed by atoms with E-state index in [1.165, 1.54) is 30.3 Å². The number of anilines is 1. The van der Waals surface area contributed by atoms with Crippen molar-refractivity contribution in [2.45, 2.75) is 18.8 Å². The minimum absolute atomic E-state index is 0.00154. The van der Waals surface area contributed by atoms with Gasteiger partial charge in [-0.2, -0.15) is 13.2 Å². The first-order valence-electron chi connectivity index (χ1n) is 13.5. The molecule has 46 heavy (non-hydrogen) atoms. The van der Waals surface area contributed by atoms with Gasteiger partial charge < -0.3 is 15.0 Å². The molecule has 1 N–H and O–H groups in total. The number of benzene rings is 4. The van der Waals surface area contributed by atoms with Gasteiger partial charge in [-0.05, 0) is 71.6 Å².